The zero-order valence-corrected chi connectivity index (χ0v) is 17.7. The van der Waals surface area contributed by atoms with Gasteiger partial charge in [0.05, 0.1) is 22.6 Å². The van der Waals surface area contributed by atoms with Gasteiger partial charge in [0.1, 0.15) is 0 Å². The quantitative estimate of drug-likeness (QED) is 0.334. The fourth-order valence-corrected chi connectivity index (χ4v) is 4.45. The minimum atomic E-state index is -4.39. The van der Waals surface area contributed by atoms with Crippen LogP contribution in [0.5, 0.6) is 0 Å². The normalized spacial score (nSPS) is 12.9. The minimum Gasteiger partial charge on any atom is -0.383 e. The van der Waals surface area contributed by atoms with E-state index < -0.39 is 11.7 Å². The van der Waals surface area contributed by atoms with E-state index in [0.29, 0.717) is 22.8 Å². The number of hydrogen-bond acceptors (Lipinski definition) is 5. The molecule has 0 spiro atoms. The number of rotatable bonds is 8. The molecule has 0 amide bonds. The van der Waals surface area contributed by atoms with Crippen LogP contribution in [0.15, 0.2) is 44.6 Å². The third-order valence-corrected chi connectivity index (χ3v) is 5.84. The van der Waals surface area contributed by atoms with Gasteiger partial charge in [-0.25, -0.2) is 0 Å². The van der Waals surface area contributed by atoms with Crippen molar-refractivity contribution < 1.29 is 13.2 Å². The Morgan fingerprint density at radius 2 is 1.86 bits per heavy atom. The lowest BCUT2D eigenvalue weighted by Crippen LogP contribution is -2.26. The maximum absolute atomic E-state index is 13.4. The van der Waals surface area contributed by atoms with Crippen molar-refractivity contribution in [2.45, 2.75) is 22.4 Å². The van der Waals surface area contributed by atoms with E-state index in [9.17, 15) is 13.2 Å². The minimum absolute atomic E-state index is 0.473. The SMILES string of the molecule is CNCCNCCCNc1cc(C(F)(F)F)cc2c1Nc1ccc(Br)cc1S2. The van der Waals surface area contributed by atoms with Crippen LogP contribution in [0.25, 0.3) is 0 Å². The molecule has 0 atom stereocenters. The second kappa shape index (κ2) is 9.39. The van der Waals surface area contributed by atoms with Gasteiger partial charge in [0, 0.05) is 33.9 Å². The molecule has 1 aliphatic heterocycles. The summed E-state index contributed by atoms with van der Waals surface area (Å²) in [4.78, 5) is 1.45. The fraction of sp³-hybridized carbons (Fsp3) is 0.368. The van der Waals surface area contributed by atoms with E-state index in [1.807, 2.05) is 25.2 Å². The third kappa shape index (κ3) is 5.34. The van der Waals surface area contributed by atoms with E-state index in [2.05, 4.69) is 37.2 Å². The smallest absolute Gasteiger partial charge is 0.383 e. The van der Waals surface area contributed by atoms with Crippen LogP contribution in [-0.2, 0) is 6.18 Å². The lowest BCUT2D eigenvalue weighted by atomic mass is 10.1. The Labute approximate surface area is 175 Å². The molecular formula is C19H22BrF3N4S. The molecule has 0 saturated heterocycles. The van der Waals surface area contributed by atoms with Crippen LogP contribution in [0, 0.1) is 0 Å². The van der Waals surface area contributed by atoms with Crippen LogP contribution < -0.4 is 21.3 Å². The molecule has 0 aromatic heterocycles. The first-order valence-electron chi connectivity index (χ1n) is 8.97. The Morgan fingerprint density at radius 3 is 2.61 bits per heavy atom. The zero-order valence-electron chi connectivity index (χ0n) is 15.3. The van der Waals surface area contributed by atoms with Crippen LogP contribution in [-0.4, -0.2) is 33.2 Å². The summed E-state index contributed by atoms with van der Waals surface area (Å²) >= 11 is 4.75. The van der Waals surface area contributed by atoms with Gasteiger partial charge in [-0.15, -0.1) is 0 Å². The lowest BCUT2D eigenvalue weighted by molar-refractivity contribution is -0.137. The molecule has 4 nitrogen and oxygen atoms in total. The van der Waals surface area contributed by atoms with Crippen molar-refractivity contribution in [3.05, 3.63) is 40.4 Å². The van der Waals surface area contributed by atoms with Crippen LogP contribution in [0.4, 0.5) is 30.2 Å². The summed E-state index contributed by atoms with van der Waals surface area (Å²) in [5.41, 5.74) is 1.41. The lowest BCUT2D eigenvalue weighted by Gasteiger charge is -2.25. The molecule has 0 fully saturated rings. The number of anilines is 3. The molecule has 1 heterocycles. The topological polar surface area (TPSA) is 48.1 Å². The zero-order chi connectivity index (χ0) is 20.1. The highest BCUT2D eigenvalue weighted by atomic mass is 79.9. The van der Waals surface area contributed by atoms with Crippen molar-refractivity contribution in [2.75, 3.05) is 43.9 Å². The second-order valence-electron chi connectivity index (χ2n) is 6.40. The third-order valence-electron chi connectivity index (χ3n) is 4.25. The van der Waals surface area contributed by atoms with Gasteiger partial charge in [0.25, 0.3) is 0 Å². The first-order chi connectivity index (χ1) is 13.4. The largest absolute Gasteiger partial charge is 0.416 e. The second-order valence-corrected chi connectivity index (χ2v) is 8.40. The molecule has 2 aromatic rings. The van der Waals surface area contributed by atoms with E-state index in [1.165, 1.54) is 23.9 Å². The highest BCUT2D eigenvalue weighted by Gasteiger charge is 2.33. The van der Waals surface area contributed by atoms with E-state index in [4.69, 9.17) is 0 Å². The van der Waals surface area contributed by atoms with Gasteiger partial charge >= 0.3 is 6.18 Å². The number of halogens is 4. The summed E-state index contributed by atoms with van der Waals surface area (Å²) in [6, 6.07) is 8.13. The summed E-state index contributed by atoms with van der Waals surface area (Å²) in [5.74, 6) is 0. The fourth-order valence-electron chi connectivity index (χ4n) is 2.84. The van der Waals surface area contributed by atoms with E-state index >= 15 is 0 Å². The maximum Gasteiger partial charge on any atom is 0.416 e. The van der Waals surface area contributed by atoms with Gasteiger partial charge in [-0.3, -0.25) is 0 Å². The Bertz CT molecular complexity index is 830. The average molecular weight is 475 g/mol. The molecule has 4 N–H and O–H groups in total. The summed E-state index contributed by atoms with van der Waals surface area (Å²) in [6.07, 6.45) is -3.58. The molecule has 3 rings (SSSR count). The number of alkyl halides is 3. The predicted molar refractivity (Wildman–Crippen MR) is 113 cm³/mol. The molecule has 0 aliphatic carbocycles. The van der Waals surface area contributed by atoms with E-state index in [1.54, 1.807) is 0 Å². The molecule has 0 unspecified atom stereocenters. The summed E-state index contributed by atoms with van der Waals surface area (Å²) < 4.78 is 41.0. The first kappa shape index (κ1) is 21.3. The Kier molecular flexibility index (Phi) is 7.14. The van der Waals surface area contributed by atoms with Crippen LogP contribution in [0.1, 0.15) is 12.0 Å². The van der Waals surface area contributed by atoms with Gasteiger partial charge in [-0.2, -0.15) is 13.2 Å². The highest BCUT2D eigenvalue weighted by molar-refractivity contribution is 9.10. The van der Waals surface area contributed by atoms with Crippen molar-refractivity contribution in [3.63, 3.8) is 0 Å². The molecule has 0 bridgehead atoms. The standard InChI is InChI=1S/C19H22BrF3N4S/c1-24-7-8-25-5-2-6-26-15-9-12(19(21,22)23)10-17-18(15)27-14-4-3-13(20)11-16(14)28-17/h3-4,9-11,24-27H,2,5-8H2,1H3. The van der Waals surface area contributed by atoms with Gasteiger partial charge < -0.3 is 21.3 Å². The van der Waals surface area contributed by atoms with Gasteiger partial charge in [0.2, 0.25) is 0 Å². The molecule has 0 radical (unpaired) electrons. The average Bonchev–Trinajstić information content (AvgIpc) is 2.64. The molecule has 9 heteroatoms. The monoisotopic (exact) mass is 474 g/mol. The van der Waals surface area contributed by atoms with Crippen LogP contribution in [0.2, 0.25) is 0 Å². The molecule has 152 valence electrons. The Balaban J connectivity index is 1.77. The van der Waals surface area contributed by atoms with Gasteiger partial charge in [0.15, 0.2) is 0 Å². The molecule has 0 saturated carbocycles. The van der Waals surface area contributed by atoms with Crippen LogP contribution in [0.3, 0.4) is 0 Å². The predicted octanol–water partition coefficient (Wildman–Crippen LogP) is 5.29. The van der Waals surface area contributed by atoms with Crippen molar-refractivity contribution in [3.8, 4) is 0 Å². The summed E-state index contributed by atoms with van der Waals surface area (Å²) in [5, 5.41) is 12.8. The number of nitrogens with one attached hydrogen (secondary N) is 4. The van der Waals surface area contributed by atoms with Crippen LogP contribution >= 0.6 is 27.7 Å². The summed E-state index contributed by atoms with van der Waals surface area (Å²) in [6.45, 7) is 3.12. The maximum atomic E-state index is 13.4. The van der Waals surface area contributed by atoms with Crippen molar-refractivity contribution in [1.29, 1.82) is 0 Å². The van der Waals surface area contributed by atoms with E-state index in [-0.39, 0.29) is 0 Å². The highest BCUT2D eigenvalue weighted by Crippen LogP contribution is 2.49. The molecule has 28 heavy (non-hydrogen) atoms. The molecule has 2 aromatic carbocycles. The van der Waals surface area contributed by atoms with Gasteiger partial charge in [-0.1, -0.05) is 27.7 Å². The molecule has 1 aliphatic rings. The number of benzene rings is 2. The first-order valence-corrected chi connectivity index (χ1v) is 10.6. The molecular weight excluding hydrogens is 453 g/mol. The van der Waals surface area contributed by atoms with Crippen molar-refractivity contribution >= 4 is 44.8 Å². The number of hydrogen-bond donors (Lipinski definition) is 4. The summed E-state index contributed by atoms with van der Waals surface area (Å²) in [7, 11) is 1.89. The Morgan fingerprint density at radius 1 is 1.04 bits per heavy atom. The Hall–Kier alpha value is -1.42. The van der Waals surface area contributed by atoms with Crippen molar-refractivity contribution in [1.82, 2.24) is 10.6 Å². The van der Waals surface area contributed by atoms with Crippen molar-refractivity contribution in [2.24, 2.45) is 0 Å². The van der Waals surface area contributed by atoms with Gasteiger partial charge in [-0.05, 0) is 50.3 Å². The van der Waals surface area contributed by atoms with E-state index in [0.717, 1.165) is 41.1 Å². The number of fused-ring (bicyclic) bond motifs is 2. The number of likely N-dealkylation sites (N-methyl/N-ethyl adjacent to an activating group) is 1.